The lowest BCUT2D eigenvalue weighted by molar-refractivity contribution is -0.149. The molecule has 0 radical (unpaired) electrons. The van der Waals surface area contributed by atoms with Gasteiger partial charge in [0.1, 0.15) is 0 Å². The normalized spacial score (nSPS) is 19.4. The predicted molar refractivity (Wildman–Crippen MR) is 62.4 cm³/mol. The zero-order chi connectivity index (χ0) is 11.8. The van der Waals surface area contributed by atoms with Gasteiger partial charge in [0.15, 0.2) is 0 Å². The van der Waals surface area contributed by atoms with E-state index in [-0.39, 0.29) is 12.5 Å². The number of nitrogens with zero attached hydrogens (tertiary/aromatic N) is 1. The molecule has 1 atom stereocenters. The molecule has 0 spiro atoms. The predicted octanol–water partition coefficient (Wildman–Crippen LogP) is 1.43. The van der Waals surface area contributed by atoms with Crippen molar-refractivity contribution in [3.05, 3.63) is 16.1 Å². The van der Waals surface area contributed by atoms with E-state index in [0.717, 1.165) is 22.7 Å². The molecule has 0 saturated heterocycles. The zero-order valence-electron chi connectivity index (χ0n) is 9.27. The molecule has 1 aliphatic carbocycles. The van der Waals surface area contributed by atoms with Crippen molar-refractivity contribution in [1.29, 1.82) is 0 Å². The van der Waals surface area contributed by atoms with Gasteiger partial charge < -0.3 is 10.8 Å². The maximum absolute atomic E-state index is 11.4. The molecule has 0 aromatic carbocycles. The molecule has 3 N–H and O–H groups in total. The largest absolute Gasteiger partial charge is 0.481 e. The van der Waals surface area contributed by atoms with Gasteiger partial charge in [0, 0.05) is 24.0 Å². The topological polar surface area (TPSA) is 76.2 Å². The molecule has 5 heteroatoms. The van der Waals surface area contributed by atoms with Crippen LogP contribution in [0.5, 0.6) is 0 Å². The van der Waals surface area contributed by atoms with Crippen LogP contribution in [0.1, 0.15) is 22.7 Å². The van der Waals surface area contributed by atoms with E-state index in [2.05, 4.69) is 4.98 Å². The number of rotatable bonds is 5. The van der Waals surface area contributed by atoms with E-state index in [0.29, 0.717) is 6.42 Å². The van der Waals surface area contributed by atoms with Crippen LogP contribution in [0.25, 0.3) is 0 Å². The maximum atomic E-state index is 11.4. The Morgan fingerprint density at radius 2 is 2.44 bits per heavy atom. The minimum Gasteiger partial charge on any atom is -0.481 e. The summed E-state index contributed by atoms with van der Waals surface area (Å²) in [6, 6.07) is 0. The van der Waals surface area contributed by atoms with Crippen molar-refractivity contribution in [2.75, 3.05) is 6.54 Å². The fourth-order valence-corrected chi connectivity index (χ4v) is 3.07. The second kappa shape index (κ2) is 4.14. The first-order valence-corrected chi connectivity index (χ1v) is 6.25. The molecule has 1 heterocycles. The van der Waals surface area contributed by atoms with Crippen LogP contribution in [-0.4, -0.2) is 22.6 Å². The number of thiazole rings is 1. The molecule has 1 aromatic rings. The van der Waals surface area contributed by atoms with Gasteiger partial charge in [-0.1, -0.05) is 0 Å². The van der Waals surface area contributed by atoms with E-state index in [1.54, 1.807) is 17.5 Å². The Bertz CT molecular complexity index is 400. The summed E-state index contributed by atoms with van der Waals surface area (Å²) in [6.45, 7) is 2.14. The van der Waals surface area contributed by atoms with Crippen molar-refractivity contribution in [3.8, 4) is 0 Å². The van der Waals surface area contributed by atoms with E-state index < -0.39 is 11.4 Å². The molecular weight excluding hydrogens is 224 g/mol. The molecule has 1 saturated carbocycles. The smallest absolute Gasteiger partial charge is 0.311 e. The van der Waals surface area contributed by atoms with Gasteiger partial charge in [-0.3, -0.25) is 4.79 Å². The fraction of sp³-hybridized carbons (Fsp3) is 0.636. The number of nitrogens with two attached hydrogens (primary N) is 1. The Morgan fingerprint density at radius 3 is 2.81 bits per heavy atom. The van der Waals surface area contributed by atoms with Gasteiger partial charge in [0.2, 0.25) is 0 Å². The molecule has 0 amide bonds. The lowest BCUT2D eigenvalue weighted by atomic mass is 9.79. The molecular formula is C11H16N2O2S. The molecule has 1 aliphatic rings. The molecule has 0 bridgehead atoms. The van der Waals surface area contributed by atoms with Gasteiger partial charge in [0.05, 0.1) is 10.4 Å². The van der Waals surface area contributed by atoms with Crippen molar-refractivity contribution >= 4 is 17.3 Å². The Balaban J connectivity index is 2.22. The van der Waals surface area contributed by atoms with Crippen molar-refractivity contribution in [3.63, 3.8) is 0 Å². The quantitative estimate of drug-likeness (QED) is 0.816. The molecule has 88 valence electrons. The number of hydrogen-bond acceptors (Lipinski definition) is 4. The van der Waals surface area contributed by atoms with Crippen LogP contribution in [-0.2, 0) is 11.2 Å². The van der Waals surface area contributed by atoms with Crippen LogP contribution in [0.3, 0.4) is 0 Å². The molecule has 2 rings (SSSR count). The van der Waals surface area contributed by atoms with E-state index in [9.17, 15) is 9.90 Å². The van der Waals surface area contributed by atoms with Crippen LogP contribution in [0.2, 0.25) is 0 Å². The summed E-state index contributed by atoms with van der Waals surface area (Å²) in [6.07, 6.45) is 4.27. The average Bonchev–Trinajstić information content (AvgIpc) is 3.00. The highest BCUT2D eigenvalue weighted by Crippen LogP contribution is 2.47. The van der Waals surface area contributed by atoms with Crippen LogP contribution in [0.15, 0.2) is 6.20 Å². The average molecular weight is 240 g/mol. The first-order valence-electron chi connectivity index (χ1n) is 5.43. The zero-order valence-corrected chi connectivity index (χ0v) is 10.1. The number of aliphatic carboxylic acids is 1. The number of aryl methyl sites for hydroxylation is 1. The fourth-order valence-electron chi connectivity index (χ4n) is 2.15. The summed E-state index contributed by atoms with van der Waals surface area (Å²) in [5.41, 5.74) is 4.94. The van der Waals surface area contributed by atoms with Gasteiger partial charge in [-0.15, -0.1) is 11.3 Å². The lowest BCUT2D eigenvalue weighted by Gasteiger charge is -2.27. The van der Waals surface area contributed by atoms with Gasteiger partial charge in [-0.25, -0.2) is 4.98 Å². The Labute approximate surface area is 98.5 Å². The molecule has 1 aromatic heterocycles. The number of hydrogen-bond donors (Lipinski definition) is 2. The SMILES string of the molecule is Cc1ncc(CC(CN)(C(=O)O)C2CC2)s1. The minimum absolute atomic E-state index is 0.212. The second-order valence-corrected chi connectivity index (χ2v) is 5.78. The van der Waals surface area contributed by atoms with E-state index in [1.807, 2.05) is 6.92 Å². The summed E-state index contributed by atoms with van der Waals surface area (Å²) >= 11 is 1.56. The third-order valence-corrected chi connectivity index (χ3v) is 4.22. The highest BCUT2D eigenvalue weighted by molar-refractivity contribution is 7.11. The Hall–Kier alpha value is -0.940. The molecule has 1 fully saturated rings. The van der Waals surface area contributed by atoms with E-state index >= 15 is 0 Å². The summed E-state index contributed by atoms with van der Waals surface area (Å²) in [7, 11) is 0. The molecule has 4 nitrogen and oxygen atoms in total. The summed E-state index contributed by atoms with van der Waals surface area (Å²) in [5.74, 6) is -0.513. The second-order valence-electron chi connectivity index (χ2n) is 4.46. The van der Waals surface area contributed by atoms with Gasteiger partial charge in [-0.2, -0.15) is 0 Å². The van der Waals surface area contributed by atoms with Crippen molar-refractivity contribution in [1.82, 2.24) is 4.98 Å². The standard InChI is InChI=1S/C11H16N2O2S/c1-7-13-5-9(16-7)4-11(6-12,10(14)15)8-2-3-8/h5,8H,2-4,6,12H2,1H3,(H,14,15). The highest BCUT2D eigenvalue weighted by Gasteiger charge is 2.50. The number of carboxylic acids is 1. The monoisotopic (exact) mass is 240 g/mol. The van der Waals surface area contributed by atoms with Crippen LogP contribution >= 0.6 is 11.3 Å². The molecule has 0 aliphatic heterocycles. The van der Waals surface area contributed by atoms with Gasteiger partial charge in [-0.05, 0) is 25.7 Å². The van der Waals surface area contributed by atoms with Crippen molar-refractivity contribution < 1.29 is 9.90 Å². The third-order valence-electron chi connectivity index (χ3n) is 3.31. The van der Waals surface area contributed by atoms with Crippen LogP contribution < -0.4 is 5.73 Å². The minimum atomic E-state index is -0.765. The van der Waals surface area contributed by atoms with Crippen molar-refractivity contribution in [2.24, 2.45) is 17.1 Å². The molecule has 16 heavy (non-hydrogen) atoms. The van der Waals surface area contributed by atoms with Gasteiger partial charge in [0.25, 0.3) is 0 Å². The van der Waals surface area contributed by atoms with Gasteiger partial charge >= 0.3 is 5.97 Å². The number of carbonyl (C=O) groups is 1. The summed E-state index contributed by atoms with van der Waals surface area (Å²) in [5, 5.41) is 10.4. The van der Waals surface area contributed by atoms with Crippen molar-refractivity contribution in [2.45, 2.75) is 26.2 Å². The first kappa shape index (κ1) is 11.5. The first-order chi connectivity index (χ1) is 7.58. The van der Waals surface area contributed by atoms with E-state index in [4.69, 9.17) is 5.73 Å². The number of aromatic nitrogens is 1. The van der Waals surface area contributed by atoms with E-state index in [1.165, 1.54) is 0 Å². The lowest BCUT2D eigenvalue weighted by Crippen LogP contribution is -2.42. The summed E-state index contributed by atoms with van der Waals surface area (Å²) in [4.78, 5) is 16.6. The molecule has 1 unspecified atom stereocenters. The Morgan fingerprint density at radius 1 is 1.75 bits per heavy atom. The number of carboxylic acid groups (broad SMARTS) is 1. The van der Waals surface area contributed by atoms with Crippen LogP contribution in [0.4, 0.5) is 0 Å². The van der Waals surface area contributed by atoms with Crippen LogP contribution in [0, 0.1) is 18.3 Å². The Kier molecular flexibility index (Phi) is 2.99. The highest BCUT2D eigenvalue weighted by atomic mass is 32.1. The third kappa shape index (κ3) is 1.97. The summed E-state index contributed by atoms with van der Waals surface area (Å²) < 4.78 is 0. The maximum Gasteiger partial charge on any atom is 0.311 e.